The summed E-state index contributed by atoms with van der Waals surface area (Å²) in [5, 5.41) is 5.99. The molecular formula is C34H43N9O2. The summed E-state index contributed by atoms with van der Waals surface area (Å²) in [6, 6.07) is 15.2. The SMILES string of the molecule is COCCCN1CCN([C@H]2CC[C@H](n3nc(-c4ccc5[nH]c(Cc6ccccc6OC)nc5c4)c4c(N)ncnc43)CC2)CC1. The third kappa shape index (κ3) is 6.12. The number of fused-ring (bicyclic) bond motifs is 2. The van der Waals surface area contributed by atoms with Gasteiger partial charge in [0, 0.05) is 70.0 Å². The lowest BCUT2D eigenvalue weighted by Crippen LogP contribution is -2.51. The first-order valence-electron chi connectivity index (χ1n) is 16.2. The zero-order valence-electron chi connectivity index (χ0n) is 26.3. The summed E-state index contributed by atoms with van der Waals surface area (Å²) in [5.74, 6) is 2.20. The third-order valence-corrected chi connectivity index (χ3v) is 9.63. The number of hydrogen-bond acceptors (Lipinski definition) is 9. The number of ether oxygens (including phenoxy) is 2. The molecule has 3 N–H and O–H groups in total. The van der Waals surface area contributed by atoms with Crippen molar-refractivity contribution in [1.29, 1.82) is 0 Å². The smallest absolute Gasteiger partial charge is 0.164 e. The molecule has 2 fully saturated rings. The van der Waals surface area contributed by atoms with Crippen LogP contribution in [0.25, 0.3) is 33.3 Å². The molecule has 236 valence electrons. The van der Waals surface area contributed by atoms with Crippen LogP contribution in [0, 0.1) is 0 Å². The Morgan fingerprint density at radius 3 is 2.56 bits per heavy atom. The molecule has 0 unspecified atom stereocenters. The van der Waals surface area contributed by atoms with Gasteiger partial charge in [0.1, 0.15) is 29.4 Å². The number of nitrogen functional groups attached to an aromatic ring is 1. The van der Waals surface area contributed by atoms with E-state index < -0.39 is 0 Å². The van der Waals surface area contributed by atoms with Crippen molar-refractivity contribution in [3.05, 3.63) is 60.2 Å². The van der Waals surface area contributed by atoms with Crippen molar-refractivity contribution in [3.63, 3.8) is 0 Å². The average Bonchev–Trinajstić information content (AvgIpc) is 3.67. The molecule has 1 aliphatic heterocycles. The van der Waals surface area contributed by atoms with Crippen molar-refractivity contribution in [3.8, 4) is 17.0 Å². The normalized spacial score (nSPS) is 19.9. The van der Waals surface area contributed by atoms with Crippen LogP contribution in [-0.4, -0.2) is 99.1 Å². The lowest BCUT2D eigenvalue weighted by atomic mass is 9.90. The molecule has 2 aromatic carbocycles. The van der Waals surface area contributed by atoms with E-state index in [9.17, 15) is 0 Å². The Morgan fingerprint density at radius 1 is 0.956 bits per heavy atom. The van der Waals surface area contributed by atoms with E-state index in [1.54, 1.807) is 20.5 Å². The second-order valence-corrected chi connectivity index (χ2v) is 12.3. The summed E-state index contributed by atoms with van der Waals surface area (Å²) in [6.07, 6.45) is 7.79. The van der Waals surface area contributed by atoms with Crippen molar-refractivity contribution in [2.45, 2.75) is 50.6 Å². The number of piperazine rings is 1. The number of aromatic amines is 1. The van der Waals surface area contributed by atoms with Gasteiger partial charge in [-0.05, 0) is 50.3 Å². The minimum atomic E-state index is 0.281. The predicted octanol–water partition coefficient (Wildman–Crippen LogP) is 4.69. The fraction of sp³-hybridized carbons (Fsp3) is 0.471. The maximum absolute atomic E-state index is 6.48. The molecule has 11 nitrogen and oxygen atoms in total. The summed E-state index contributed by atoms with van der Waals surface area (Å²) in [5.41, 5.74) is 12.0. The summed E-state index contributed by atoms with van der Waals surface area (Å²) in [7, 11) is 3.48. The molecule has 7 rings (SSSR count). The van der Waals surface area contributed by atoms with Crippen LogP contribution in [0.4, 0.5) is 5.82 Å². The number of methoxy groups -OCH3 is 2. The number of para-hydroxylation sites is 1. The molecule has 0 bridgehead atoms. The Morgan fingerprint density at radius 2 is 1.76 bits per heavy atom. The number of nitrogens with two attached hydrogens (primary N) is 1. The van der Waals surface area contributed by atoms with E-state index in [2.05, 4.69) is 48.7 Å². The number of rotatable bonds is 10. The van der Waals surface area contributed by atoms with Crippen LogP contribution in [-0.2, 0) is 11.2 Å². The molecule has 1 saturated heterocycles. The molecule has 1 saturated carbocycles. The number of anilines is 1. The van der Waals surface area contributed by atoms with Crippen LogP contribution < -0.4 is 10.5 Å². The summed E-state index contributed by atoms with van der Waals surface area (Å²) in [4.78, 5) is 22.7. The number of H-pyrrole nitrogens is 1. The zero-order chi connectivity index (χ0) is 30.8. The lowest BCUT2D eigenvalue weighted by Gasteiger charge is -2.42. The maximum atomic E-state index is 6.48. The highest BCUT2D eigenvalue weighted by atomic mass is 16.5. The first-order chi connectivity index (χ1) is 22.1. The topological polar surface area (TPSA) is 123 Å². The maximum Gasteiger partial charge on any atom is 0.164 e. The van der Waals surface area contributed by atoms with Gasteiger partial charge in [-0.15, -0.1) is 0 Å². The van der Waals surface area contributed by atoms with Gasteiger partial charge in [-0.25, -0.2) is 19.6 Å². The van der Waals surface area contributed by atoms with Crippen molar-refractivity contribution in [2.75, 3.05) is 59.3 Å². The monoisotopic (exact) mass is 609 g/mol. The van der Waals surface area contributed by atoms with Gasteiger partial charge in [0.05, 0.1) is 29.6 Å². The Kier molecular flexibility index (Phi) is 8.64. The largest absolute Gasteiger partial charge is 0.496 e. The molecule has 0 amide bonds. The Balaban J connectivity index is 1.08. The molecule has 2 aliphatic rings. The van der Waals surface area contributed by atoms with Gasteiger partial charge in [-0.3, -0.25) is 4.90 Å². The third-order valence-electron chi connectivity index (χ3n) is 9.63. The molecule has 4 heterocycles. The zero-order valence-corrected chi connectivity index (χ0v) is 26.3. The first kappa shape index (κ1) is 29.6. The number of nitrogens with one attached hydrogen (secondary N) is 1. The molecule has 0 radical (unpaired) electrons. The van der Waals surface area contributed by atoms with E-state index in [0.29, 0.717) is 18.3 Å². The van der Waals surface area contributed by atoms with Gasteiger partial charge < -0.3 is 25.1 Å². The molecule has 0 atom stereocenters. The standard InChI is InChI=1S/C34H43N9O2/c1-44-19-5-14-41-15-17-42(18-16-41)25-9-11-26(12-10-25)43-34-31(33(35)36-22-37-34)32(40-43)24-8-13-27-28(20-24)39-30(38-27)21-23-6-3-4-7-29(23)45-2/h3-4,6-8,13,20,22,25-26H,5,9-12,14-19,21H2,1-2H3,(H,38,39)(H2,35,36,37)/t25-,26-. The van der Waals surface area contributed by atoms with E-state index in [1.165, 1.54) is 12.8 Å². The molecule has 0 spiro atoms. The van der Waals surface area contributed by atoms with E-state index in [1.807, 2.05) is 18.2 Å². The number of aromatic nitrogens is 6. The van der Waals surface area contributed by atoms with Crippen LogP contribution in [0.1, 0.15) is 49.5 Å². The summed E-state index contributed by atoms with van der Waals surface area (Å²) < 4.78 is 12.9. The van der Waals surface area contributed by atoms with Crippen molar-refractivity contribution in [2.24, 2.45) is 0 Å². The lowest BCUT2D eigenvalue weighted by molar-refractivity contribution is 0.0662. The fourth-order valence-electron chi connectivity index (χ4n) is 7.22. The highest BCUT2D eigenvalue weighted by Crippen LogP contribution is 2.37. The van der Waals surface area contributed by atoms with Gasteiger partial charge in [-0.2, -0.15) is 5.10 Å². The number of hydrogen-bond donors (Lipinski definition) is 2. The van der Waals surface area contributed by atoms with Gasteiger partial charge in [-0.1, -0.05) is 24.3 Å². The number of imidazole rings is 1. The van der Waals surface area contributed by atoms with Crippen molar-refractivity contribution >= 4 is 27.9 Å². The number of benzene rings is 2. The van der Waals surface area contributed by atoms with Gasteiger partial charge in [0.2, 0.25) is 0 Å². The first-order valence-corrected chi connectivity index (χ1v) is 16.2. The molecule has 45 heavy (non-hydrogen) atoms. The van der Waals surface area contributed by atoms with Crippen molar-refractivity contribution < 1.29 is 9.47 Å². The summed E-state index contributed by atoms with van der Waals surface area (Å²) >= 11 is 0. The highest BCUT2D eigenvalue weighted by Gasteiger charge is 2.31. The molecule has 3 aromatic heterocycles. The van der Waals surface area contributed by atoms with Gasteiger partial charge in [0.25, 0.3) is 0 Å². The van der Waals surface area contributed by atoms with Crippen LogP contribution in [0.2, 0.25) is 0 Å². The van der Waals surface area contributed by atoms with E-state index in [4.69, 9.17) is 30.3 Å². The van der Waals surface area contributed by atoms with Crippen molar-refractivity contribution in [1.82, 2.24) is 39.5 Å². The Labute approximate surface area is 263 Å². The minimum absolute atomic E-state index is 0.281. The second-order valence-electron chi connectivity index (χ2n) is 12.3. The van der Waals surface area contributed by atoms with Gasteiger partial charge >= 0.3 is 0 Å². The van der Waals surface area contributed by atoms with Crippen LogP contribution in [0.15, 0.2) is 48.8 Å². The predicted molar refractivity (Wildman–Crippen MR) is 176 cm³/mol. The Hall–Kier alpha value is -4.06. The van der Waals surface area contributed by atoms with Crippen LogP contribution in [0.3, 0.4) is 0 Å². The fourth-order valence-corrected chi connectivity index (χ4v) is 7.22. The number of nitrogens with zero attached hydrogens (tertiary/aromatic N) is 7. The van der Waals surface area contributed by atoms with E-state index in [-0.39, 0.29) is 6.04 Å². The van der Waals surface area contributed by atoms with E-state index in [0.717, 1.165) is 109 Å². The molecule has 5 aromatic rings. The highest BCUT2D eigenvalue weighted by molar-refractivity contribution is 5.99. The van der Waals surface area contributed by atoms with Crippen LogP contribution >= 0.6 is 0 Å². The quantitative estimate of drug-likeness (QED) is 0.217. The minimum Gasteiger partial charge on any atom is -0.496 e. The average molecular weight is 610 g/mol. The van der Waals surface area contributed by atoms with E-state index >= 15 is 0 Å². The molecule has 1 aliphatic carbocycles. The Bertz CT molecular complexity index is 1750. The second kappa shape index (κ2) is 13.1. The van der Waals surface area contributed by atoms with Gasteiger partial charge in [0.15, 0.2) is 5.65 Å². The van der Waals surface area contributed by atoms with Crippen LogP contribution in [0.5, 0.6) is 5.75 Å². The molecular weight excluding hydrogens is 566 g/mol. The molecule has 11 heteroatoms. The summed E-state index contributed by atoms with van der Waals surface area (Å²) in [6.45, 7) is 6.57.